The molecule has 0 aliphatic rings. The molecule has 0 atom stereocenters. The van der Waals surface area contributed by atoms with Gasteiger partial charge in [-0.2, -0.15) is 0 Å². The van der Waals surface area contributed by atoms with Gasteiger partial charge in [0.25, 0.3) is 0 Å². The van der Waals surface area contributed by atoms with E-state index in [1.807, 2.05) is 19.1 Å². The minimum atomic E-state index is 0.487. The Balaban J connectivity index is 2.38. The van der Waals surface area contributed by atoms with Gasteiger partial charge in [0.15, 0.2) is 0 Å². The lowest BCUT2D eigenvalue weighted by molar-refractivity contribution is 0.472. The first-order valence-corrected chi connectivity index (χ1v) is 6.15. The van der Waals surface area contributed by atoms with Crippen LogP contribution in [0, 0.1) is 20.8 Å². The first-order valence-electron chi connectivity index (χ1n) is 6.15. The summed E-state index contributed by atoms with van der Waals surface area (Å²) < 4.78 is 6.01. The van der Waals surface area contributed by atoms with Crippen LogP contribution in [0.1, 0.15) is 22.3 Å². The largest absolute Gasteiger partial charge is 0.457 e. The first-order chi connectivity index (χ1) is 8.60. The summed E-state index contributed by atoms with van der Waals surface area (Å²) in [5, 5.41) is 0. The zero-order valence-electron chi connectivity index (χ0n) is 11.2. The summed E-state index contributed by atoms with van der Waals surface area (Å²) in [7, 11) is 0. The molecule has 0 aliphatic heterocycles. The van der Waals surface area contributed by atoms with Crippen LogP contribution in [0.3, 0.4) is 0 Å². The van der Waals surface area contributed by atoms with Crippen LogP contribution in [0.2, 0.25) is 0 Å². The lowest BCUT2D eigenvalue weighted by atomic mass is 10.1. The third-order valence-electron chi connectivity index (χ3n) is 3.01. The standard InChI is InChI=1S/C16H19NO/c1-11-4-6-13(3)15(8-11)18-16-9-12(2)5-7-14(16)10-17/h4-9H,10,17H2,1-3H3. The lowest BCUT2D eigenvalue weighted by Crippen LogP contribution is -2.00. The van der Waals surface area contributed by atoms with E-state index in [1.54, 1.807) is 0 Å². The second kappa shape index (κ2) is 5.23. The van der Waals surface area contributed by atoms with Gasteiger partial charge in [-0.05, 0) is 49.6 Å². The van der Waals surface area contributed by atoms with E-state index < -0.39 is 0 Å². The van der Waals surface area contributed by atoms with Gasteiger partial charge < -0.3 is 10.5 Å². The molecule has 0 bridgehead atoms. The first kappa shape index (κ1) is 12.7. The number of hydrogen-bond donors (Lipinski definition) is 1. The van der Waals surface area contributed by atoms with Crippen LogP contribution in [-0.2, 0) is 6.54 Å². The molecule has 0 heterocycles. The molecule has 0 fully saturated rings. The van der Waals surface area contributed by atoms with E-state index in [0.717, 1.165) is 22.6 Å². The summed E-state index contributed by atoms with van der Waals surface area (Å²) in [6, 6.07) is 12.3. The number of nitrogens with two attached hydrogens (primary N) is 1. The Bertz CT molecular complexity index is 561. The molecule has 2 aromatic carbocycles. The van der Waals surface area contributed by atoms with Crippen LogP contribution < -0.4 is 10.5 Å². The Morgan fingerprint density at radius 2 is 1.50 bits per heavy atom. The van der Waals surface area contributed by atoms with Crippen molar-refractivity contribution < 1.29 is 4.74 Å². The average molecular weight is 241 g/mol. The fourth-order valence-corrected chi connectivity index (χ4v) is 1.86. The van der Waals surface area contributed by atoms with Crippen molar-refractivity contribution in [3.8, 4) is 11.5 Å². The number of rotatable bonds is 3. The van der Waals surface area contributed by atoms with Crippen LogP contribution in [0.15, 0.2) is 36.4 Å². The Labute approximate surface area is 108 Å². The van der Waals surface area contributed by atoms with Crippen LogP contribution in [0.25, 0.3) is 0 Å². The number of benzene rings is 2. The Kier molecular flexibility index (Phi) is 3.68. The van der Waals surface area contributed by atoms with Gasteiger partial charge in [-0.15, -0.1) is 0 Å². The third kappa shape index (κ3) is 2.71. The molecule has 2 heteroatoms. The summed E-state index contributed by atoms with van der Waals surface area (Å²) in [5.41, 5.74) is 10.3. The Hall–Kier alpha value is -1.80. The fourth-order valence-electron chi connectivity index (χ4n) is 1.86. The summed E-state index contributed by atoms with van der Waals surface area (Å²) >= 11 is 0. The molecule has 0 unspecified atom stereocenters. The van der Waals surface area contributed by atoms with Gasteiger partial charge in [0.2, 0.25) is 0 Å². The van der Waals surface area contributed by atoms with Crippen molar-refractivity contribution in [1.29, 1.82) is 0 Å². The minimum absolute atomic E-state index is 0.487. The Morgan fingerprint density at radius 1 is 0.889 bits per heavy atom. The van der Waals surface area contributed by atoms with Crippen molar-refractivity contribution in [3.05, 3.63) is 58.7 Å². The van der Waals surface area contributed by atoms with Gasteiger partial charge in [-0.3, -0.25) is 0 Å². The smallest absolute Gasteiger partial charge is 0.132 e. The molecule has 0 aromatic heterocycles. The molecule has 2 nitrogen and oxygen atoms in total. The maximum absolute atomic E-state index is 6.01. The van der Waals surface area contributed by atoms with Gasteiger partial charge in [-0.1, -0.05) is 24.3 Å². The van der Waals surface area contributed by atoms with E-state index in [-0.39, 0.29) is 0 Å². The highest BCUT2D eigenvalue weighted by Crippen LogP contribution is 2.29. The predicted molar refractivity (Wildman–Crippen MR) is 75.1 cm³/mol. The van der Waals surface area contributed by atoms with Crippen molar-refractivity contribution in [2.45, 2.75) is 27.3 Å². The van der Waals surface area contributed by atoms with Crippen molar-refractivity contribution in [2.75, 3.05) is 0 Å². The van der Waals surface area contributed by atoms with E-state index in [9.17, 15) is 0 Å². The van der Waals surface area contributed by atoms with Crippen molar-refractivity contribution in [1.82, 2.24) is 0 Å². The fraction of sp³-hybridized carbons (Fsp3) is 0.250. The normalized spacial score (nSPS) is 10.4. The van der Waals surface area contributed by atoms with Gasteiger partial charge >= 0.3 is 0 Å². The maximum Gasteiger partial charge on any atom is 0.132 e. The van der Waals surface area contributed by atoms with E-state index >= 15 is 0 Å². The molecule has 0 radical (unpaired) electrons. The predicted octanol–water partition coefficient (Wildman–Crippen LogP) is 3.86. The van der Waals surface area contributed by atoms with Gasteiger partial charge in [0.1, 0.15) is 11.5 Å². The van der Waals surface area contributed by atoms with E-state index in [1.165, 1.54) is 11.1 Å². The van der Waals surface area contributed by atoms with Gasteiger partial charge in [-0.25, -0.2) is 0 Å². The molecule has 2 N–H and O–H groups in total. The van der Waals surface area contributed by atoms with Crippen LogP contribution in [0.5, 0.6) is 11.5 Å². The van der Waals surface area contributed by atoms with Crippen LogP contribution >= 0.6 is 0 Å². The quantitative estimate of drug-likeness (QED) is 0.885. The highest BCUT2D eigenvalue weighted by Gasteiger charge is 2.06. The van der Waals surface area contributed by atoms with Crippen molar-refractivity contribution >= 4 is 0 Å². The zero-order chi connectivity index (χ0) is 13.1. The van der Waals surface area contributed by atoms with Crippen molar-refractivity contribution in [2.24, 2.45) is 5.73 Å². The minimum Gasteiger partial charge on any atom is -0.457 e. The van der Waals surface area contributed by atoms with E-state index in [0.29, 0.717) is 6.54 Å². The number of hydrogen-bond acceptors (Lipinski definition) is 2. The molecule has 0 saturated carbocycles. The summed E-state index contributed by atoms with van der Waals surface area (Å²) in [4.78, 5) is 0. The molecule has 94 valence electrons. The van der Waals surface area contributed by atoms with Gasteiger partial charge in [0, 0.05) is 12.1 Å². The second-order valence-electron chi connectivity index (χ2n) is 4.69. The molecule has 2 rings (SSSR count). The highest BCUT2D eigenvalue weighted by molar-refractivity contribution is 5.44. The molecular weight excluding hydrogens is 222 g/mol. The molecule has 0 amide bonds. The molecule has 0 aliphatic carbocycles. The van der Waals surface area contributed by atoms with E-state index in [4.69, 9.17) is 10.5 Å². The summed E-state index contributed by atoms with van der Waals surface area (Å²) in [6.07, 6.45) is 0. The van der Waals surface area contributed by atoms with Crippen LogP contribution in [-0.4, -0.2) is 0 Å². The maximum atomic E-state index is 6.01. The monoisotopic (exact) mass is 241 g/mol. The summed E-state index contributed by atoms with van der Waals surface area (Å²) in [5.74, 6) is 1.75. The summed E-state index contributed by atoms with van der Waals surface area (Å²) in [6.45, 7) is 6.65. The highest BCUT2D eigenvalue weighted by atomic mass is 16.5. The molecule has 0 saturated heterocycles. The SMILES string of the molecule is Cc1ccc(C)c(Oc2cc(C)ccc2CN)c1. The molecule has 0 spiro atoms. The van der Waals surface area contributed by atoms with E-state index in [2.05, 4.69) is 38.1 Å². The van der Waals surface area contributed by atoms with Crippen molar-refractivity contribution in [3.63, 3.8) is 0 Å². The lowest BCUT2D eigenvalue weighted by Gasteiger charge is -2.13. The molecular formula is C16H19NO. The Morgan fingerprint density at radius 3 is 2.17 bits per heavy atom. The van der Waals surface area contributed by atoms with Crippen LogP contribution in [0.4, 0.5) is 0 Å². The second-order valence-corrected chi connectivity index (χ2v) is 4.69. The van der Waals surface area contributed by atoms with Gasteiger partial charge in [0.05, 0.1) is 0 Å². The molecule has 2 aromatic rings. The third-order valence-corrected chi connectivity index (χ3v) is 3.01. The number of ether oxygens (including phenoxy) is 1. The zero-order valence-corrected chi connectivity index (χ0v) is 11.2. The average Bonchev–Trinajstić information content (AvgIpc) is 2.34. The molecule has 18 heavy (non-hydrogen) atoms. The number of aryl methyl sites for hydroxylation is 3. The topological polar surface area (TPSA) is 35.2 Å².